The lowest BCUT2D eigenvalue weighted by molar-refractivity contribution is 0.219. The Morgan fingerprint density at radius 2 is 1.89 bits per heavy atom. The van der Waals surface area contributed by atoms with Gasteiger partial charge in [0.25, 0.3) is 0 Å². The monoisotopic (exact) mass is 386 g/mol. The lowest BCUT2D eigenvalue weighted by atomic mass is 10.1. The van der Waals surface area contributed by atoms with Crippen LogP contribution in [0.1, 0.15) is 47.5 Å². The predicted molar refractivity (Wildman–Crippen MR) is 113 cm³/mol. The van der Waals surface area contributed by atoms with Gasteiger partial charge in [-0.25, -0.2) is 4.79 Å². The third-order valence-corrected chi connectivity index (χ3v) is 4.13. The van der Waals surface area contributed by atoms with Gasteiger partial charge in [-0.15, -0.1) is 0 Å². The van der Waals surface area contributed by atoms with Crippen LogP contribution in [0.2, 0.25) is 0 Å². The van der Waals surface area contributed by atoms with Crippen molar-refractivity contribution in [2.24, 2.45) is 0 Å². The Hall–Kier alpha value is -2.69. The standard InChI is InChI=1S/C23H30O5/c1-15(2)9-7-10-17(5)13-14-26-19-12-8-11-18-20(19)28-23(24)22(21(18)25-6)27-16(3)4/h8-9,11-13,16H,7,10,14H2,1-6H3/b17-13+. The summed E-state index contributed by atoms with van der Waals surface area (Å²) in [6, 6.07) is 5.43. The first-order chi connectivity index (χ1) is 13.3. The van der Waals surface area contributed by atoms with Crippen LogP contribution < -0.4 is 19.8 Å². The molecule has 0 fully saturated rings. The molecule has 28 heavy (non-hydrogen) atoms. The molecule has 1 aromatic heterocycles. The van der Waals surface area contributed by atoms with E-state index in [4.69, 9.17) is 18.6 Å². The predicted octanol–water partition coefficient (Wildman–Crippen LogP) is 5.66. The maximum absolute atomic E-state index is 12.4. The van der Waals surface area contributed by atoms with Crippen molar-refractivity contribution >= 4 is 11.0 Å². The van der Waals surface area contributed by atoms with Crippen LogP contribution in [0.15, 0.2) is 50.7 Å². The fourth-order valence-corrected chi connectivity index (χ4v) is 2.77. The summed E-state index contributed by atoms with van der Waals surface area (Å²) in [5.41, 5.74) is 2.35. The minimum atomic E-state index is -0.581. The zero-order chi connectivity index (χ0) is 20.7. The van der Waals surface area contributed by atoms with Crippen LogP contribution in [0.5, 0.6) is 17.2 Å². The van der Waals surface area contributed by atoms with Crippen molar-refractivity contribution in [2.45, 2.75) is 53.6 Å². The smallest absolute Gasteiger partial charge is 0.383 e. The number of hydrogen-bond acceptors (Lipinski definition) is 5. The van der Waals surface area contributed by atoms with Crippen LogP contribution in [0, 0.1) is 0 Å². The summed E-state index contributed by atoms with van der Waals surface area (Å²) >= 11 is 0. The molecule has 5 nitrogen and oxygen atoms in total. The van der Waals surface area contributed by atoms with E-state index in [0.29, 0.717) is 29.1 Å². The first-order valence-electron chi connectivity index (χ1n) is 9.55. The zero-order valence-electron chi connectivity index (χ0n) is 17.6. The molecule has 0 aliphatic rings. The molecule has 0 bridgehead atoms. The Bertz CT molecular complexity index is 914. The van der Waals surface area contributed by atoms with Gasteiger partial charge in [0, 0.05) is 0 Å². The van der Waals surface area contributed by atoms with E-state index < -0.39 is 5.63 Å². The van der Waals surface area contributed by atoms with Crippen LogP contribution >= 0.6 is 0 Å². The van der Waals surface area contributed by atoms with Gasteiger partial charge in [-0.05, 0) is 65.7 Å². The van der Waals surface area contributed by atoms with Gasteiger partial charge in [-0.3, -0.25) is 0 Å². The van der Waals surface area contributed by atoms with E-state index in [9.17, 15) is 4.79 Å². The fraction of sp³-hybridized carbons (Fsp3) is 0.435. The van der Waals surface area contributed by atoms with Crippen LogP contribution in [-0.4, -0.2) is 19.8 Å². The summed E-state index contributed by atoms with van der Waals surface area (Å²) in [7, 11) is 1.51. The number of para-hydroxylation sites is 1. The summed E-state index contributed by atoms with van der Waals surface area (Å²) < 4.78 is 22.4. The molecular formula is C23H30O5. The maximum Gasteiger partial charge on any atom is 0.383 e. The second-order valence-corrected chi connectivity index (χ2v) is 7.23. The van der Waals surface area contributed by atoms with Gasteiger partial charge in [-0.1, -0.05) is 23.3 Å². The molecule has 0 saturated heterocycles. The Kier molecular flexibility index (Phi) is 7.73. The average molecular weight is 386 g/mol. The number of rotatable bonds is 9. The molecule has 0 aliphatic heterocycles. The Morgan fingerprint density at radius 3 is 2.54 bits per heavy atom. The number of benzene rings is 1. The van der Waals surface area contributed by atoms with E-state index >= 15 is 0 Å². The minimum absolute atomic E-state index is 0.0807. The first kappa shape index (κ1) is 21.6. The van der Waals surface area contributed by atoms with E-state index in [0.717, 1.165) is 12.8 Å². The summed E-state index contributed by atoms with van der Waals surface area (Å²) in [6.07, 6.45) is 6.10. The topological polar surface area (TPSA) is 57.9 Å². The highest BCUT2D eigenvalue weighted by Crippen LogP contribution is 2.36. The van der Waals surface area contributed by atoms with Crippen molar-refractivity contribution < 1.29 is 18.6 Å². The largest absolute Gasteiger partial charge is 0.492 e. The number of ether oxygens (including phenoxy) is 3. The molecular weight excluding hydrogens is 356 g/mol. The highest BCUT2D eigenvalue weighted by molar-refractivity contribution is 5.89. The van der Waals surface area contributed by atoms with Crippen LogP contribution in [0.4, 0.5) is 0 Å². The van der Waals surface area contributed by atoms with Crippen molar-refractivity contribution in [3.63, 3.8) is 0 Å². The summed E-state index contributed by atoms with van der Waals surface area (Å²) in [6.45, 7) is 10.4. The van der Waals surface area contributed by atoms with Crippen molar-refractivity contribution in [3.8, 4) is 17.2 Å². The van der Waals surface area contributed by atoms with E-state index in [1.54, 1.807) is 6.07 Å². The van der Waals surface area contributed by atoms with Crippen molar-refractivity contribution in [1.82, 2.24) is 0 Å². The van der Waals surface area contributed by atoms with Gasteiger partial charge in [-0.2, -0.15) is 0 Å². The van der Waals surface area contributed by atoms with E-state index in [2.05, 4.69) is 26.8 Å². The van der Waals surface area contributed by atoms with Gasteiger partial charge in [0.1, 0.15) is 6.61 Å². The summed E-state index contributed by atoms with van der Waals surface area (Å²) in [4.78, 5) is 12.4. The Balaban J connectivity index is 2.26. The average Bonchev–Trinajstić information content (AvgIpc) is 2.62. The second-order valence-electron chi connectivity index (χ2n) is 7.23. The fourth-order valence-electron chi connectivity index (χ4n) is 2.77. The normalized spacial score (nSPS) is 11.6. The van der Waals surface area contributed by atoms with Crippen molar-refractivity contribution in [2.75, 3.05) is 13.7 Å². The zero-order valence-corrected chi connectivity index (χ0v) is 17.6. The molecule has 2 aromatic rings. The first-order valence-corrected chi connectivity index (χ1v) is 9.55. The maximum atomic E-state index is 12.4. The van der Waals surface area contributed by atoms with E-state index in [1.807, 2.05) is 32.1 Å². The molecule has 2 rings (SSSR count). The third-order valence-electron chi connectivity index (χ3n) is 4.13. The molecule has 0 unspecified atom stereocenters. The molecule has 0 aliphatic carbocycles. The molecule has 1 heterocycles. The number of hydrogen-bond donors (Lipinski definition) is 0. The molecule has 0 spiro atoms. The highest BCUT2D eigenvalue weighted by atomic mass is 16.5. The van der Waals surface area contributed by atoms with Gasteiger partial charge in [0.2, 0.25) is 5.75 Å². The van der Waals surface area contributed by atoms with Gasteiger partial charge < -0.3 is 18.6 Å². The summed E-state index contributed by atoms with van der Waals surface area (Å²) in [5.74, 6) is 0.938. The molecule has 0 amide bonds. The lowest BCUT2D eigenvalue weighted by Gasteiger charge is -2.14. The molecule has 5 heteroatoms. The minimum Gasteiger partial charge on any atom is -0.492 e. The third kappa shape index (κ3) is 5.65. The molecule has 0 saturated carbocycles. The molecule has 152 valence electrons. The number of allylic oxidation sites excluding steroid dienone is 3. The van der Waals surface area contributed by atoms with Gasteiger partial charge >= 0.3 is 5.63 Å². The van der Waals surface area contributed by atoms with Crippen LogP contribution in [0.3, 0.4) is 0 Å². The molecule has 0 atom stereocenters. The van der Waals surface area contributed by atoms with E-state index in [1.165, 1.54) is 18.3 Å². The number of methoxy groups -OCH3 is 1. The van der Waals surface area contributed by atoms with Crippen LogP contribution in [0.25, 0.3) is 11.0 Å². The van der Waals surface area contributed by atoms with Gasteiger partial charge in [0.05, 0.1) is 18.6 Å². The van der Waals surface area contributed by atoms with Crippen molar-refractivity contribution in [3.05, 3.63) is 51.9 Å². The van der Waals surface area contributed by atoms with Crippen molar-refractivity contribution in [1.29, 1.82) is 0 Å². The molecule has 1 aromatic carbocycles. The number of fused-ring (bicyclic) bond motifs is 1. The quantitative estimate of drug-likeness (QED) is 0.411. The van der Waals surface area contributed by atoms with E-state index in [-0.39, 0.29) is 11.9 Å². The SMILES string of the molecule is COc1c(OC(C)C)c(=O)oc2c(OC/C=C(\C)CCC=C(C)C)cccc12. The van der Waals surface area contributed by atoms with Gasteiger partial charge in [0.15, 0.2) is 17.1 Å². The Morgan fingerprint density at radius 1 is 1.14 bits per heavy atom. The highest BCUT2D eigenvalue weighted by Gasteiger charge is 2.20. The Labute approximate surface area is 166 Å². The van der Waals surface area contributed by atoms with Crippen LogP contribution in [-0.2, 0) is 0 Å². The molecule has 0 radical (unpaired) electrons. The molecule has 0 N–H and O–H groups in total. The second kappa shape index (κ2) is 10.0. The summed E-state index contributed by atoms with van der Waals surface area (Å²) in [5, 5.41) is 0.638. The lowest BCUT2D eigenvalue weighted by Crippen LogP contribution is -2.14.